The third-order valence-electron chi connectivity index (χ3n) is 1.07. The topological polar surface area (TPSA) is 35.5 Å². The standard InChI is InChI=1S/C8H7ClO3.Na/c1-6(10)11-12-8-4-2-7(9)3-5-8;/h2-5H,1H3;. The first-order chi connectivity index (χ1) is 5.68. The van der Waals surface area contributed by atoms with Gasteiger partial charge in [0.1, 0.15) is 0 Å². The van der Waals surface area contributed by atoms with Crippen molar-refractivity contribution in [2.24, 2.45) is 0 Å². The number of carbonyl (C=O) groups is 1. The van der Waals surface area contributed by atoms with Crippen LogP contribution in [0.25, 0.3) is 0 Å². The van der Waals surface area contributed by atoms with Gasteiger partial charge in [-0.05, 0) is 24.3 Å². The van der Waals surface area contributed by atoms with Gasteiger partial charge >= 0.3 is 5.97 Å². The summed E-state index contributed by atoms with van der Waals surface area (Å²) < 4.78 is 0. The van der Waals surface area contributed by atoms with Crippen molar-refractivity contribution >= 4 is 47.1 Å². The molecule has 0 aliphatic carbocycles. The van der Waals surface area contributed by atoms with Gasteiger partial charge < -0.3 is 0 Å². The summed E-state index contributed by atoms with van der Waals surface area (Å²) in [6, 6.07) is 6.48. The van der Waals surface area contributed by atoms with E-state index >= 15 is 0 Å². The number of rotatable bonds is 2. The normalized spacial score (nSPS) is 8.46. The summed E-state index contributed by atoms with van der Waals surface area (Å²) in [4.78, 5) is 19.2. The zero-order valence-corrected chi connectivity index (χ0v) is 10.2. The Morgan fingerprint density at radius 3 is 2.31 bits per heavy atom. The molecule has 0 amide bonds. The molecule has 0 spiro atoms. The van der Waals surface area contributed by atoms with Gasteiger partial charge in [-0.1, -0.05) is 11.6 Å². The Kier molecular flexibility index (Phi) is 6.16. The van der Waals surface area contributed by atoms with Crippen LogP contribution in [-0.4, -0.2) is 35.5 Å². The summed E-state index contributed by atoms with van der Waals surface area (Å²) in [5, 5.41) is 0.602. The summed E-state index contributed by atoms with van der Waals surface area (Å²) in [5.74, 6) is -0.0560. The Bertz CT molecular complexity index is 273. The molecule has 0 aliphatic heterocycles. The number of carbonyl (C=O) groups excluding carboxylic acids is 1. The Balaban J connectivity index is 0.00000144. The van der Waals surface area contributed by atoms with Crippen LogP contribution in [0, 0.1) is 0 Å². The molecule has 13 heavy (non-hydrogen) atoms. The van der Waals surface area contributed by atoms with Gasteiger partial charge in [-0.25, -0.2) is 4.79 Å². The van der Waals surface area contributed by atoms with Crippen LogP contribution in [-0.2, 0) is 9.68 Å². The number of hydrogen-bond donors (Lipinski definition) is 0. The first-order valence-corrected chi connectivity index (χ1v) is 3.67. The molecule has 0 heterocycles. The van der Waals surface area contributed by atoms with Crippen molar-refractivity contribution in [2.75, 3.05) is 0 Å². The average Bonchev–Trinajstić information content (AvgIpc) is 2.03. The smallest absolute Gasteiger partial charge is 0.287 e. The third-order valence-corrected chi connectivity index (χ3v) is 1.32. The minimum atomic E-state index is -0.495. The SMILES string of the molecule is CC(=O)OOc1ccc(Cl)cc1.[Na]. The summed E-state index contributed by atoms with van der Waals surface area (Å²) in [5.41, 5.74) is 0. The maximum atomic E-state index is 10.3. The van der Waals surface area contributed by atoms with E-state index in [4.69, 9.17) is 11.6 Å². The van der Waals surface area contributed by atoms with E-state index in [9.17, 15) is 4.79 Å². The molecule has 0 fully saturated rings. The van der Waals surface area contributed by atoms with Crippen LogP contribution in [0.1, 0.15) is 6.92 Å². The summed E-state index contributed by atoms with van der Waals surface area (Å²) in [6.45, 7) is 1.26. The molecule has 1 aromatic carbocycles. The van der Waals surface area contributed by atoms with Gasteiger partial charge in [-0.2, -0.15) is 0 Å². The minimum absolute atomic E-state index is 0. The van der Waals surface area contributed by atoms with Gasteiger partial charge in [0.15, 0.2) is 5.75 Å². The van der Waals surface area contributed by atoms with Crippen LogP contribution in [0.3, 0.4) is 0 Å². The van der Waals surface area contributed by atoms with E-state index in [1.54, 1.807) is 24.3 Å². The molecule has 3 nitrogen and oxygen atoms in total. The molecule has 0 atom stereocenters. The predicted molar refractivity (Wildman–Crippen MR) is 49.6 cm³/mol. The second kappa shape index (κ2) is 6.27. The van der Waals surface area contributed by atoms with Crippen LogP contribution >= 0.6 is 11.6 Å². The molecular formula is C8H7ClNaO3. The molecule has 0 bridgehead atoms. The van der Waals surface area contributed by atoms with Crippen LogP contribution in [0.15, 0.2) is 24.3 Å². The maximum absolute atomic E-state index is 10.3. The van der Waals surface area contributed by atoms with Gasteiger partial charge in [0, 0.05) is 41.5 Å². The van der Waals surface area contributed by atoms with Crippen molar-refractivity contribution in [3.05, 3.63) is 29.3 Å². The Labute approximate surface area is 103 Å². The number of benzene rings is 1. The molecule has 0 aliphatic rings. The minimum Gasteiger partial charge on any atom is -0.287 e. The number of hydrogen-bond acceptors (Lipinski definition) is 3. The molecule has 1 rings (SSSR count). The molecule has 0 saturated heterocycles. The Hall–Kier alpha value is -0.220. The second-order valence-electron chi connectivity index (χ2n) is 2.11. The van der Waals surface area contributed by atoms with Crippen molar-refractivity contribution in [1.29, 1.82) is 0 Å². The van der Waals surface area contributed by atoms with Crippen molar-refractivity contribution in [1.82, 2.24) is 0 Å². The van der Waals surface area contributed by atoms with Crippen LogP contribution in [0.4, 0.5) is 0 Å². The fourth-order valence-corrected chi connectivity index (χ4v) is 0.723. The Morgan fingerprint density at radius 2 is 1.85 bits per heavy atom. The molecule has 1 radical (unpaired) electrons. The van der Waals surface area contributed by atoms with Crippen LogP contribution in [0.2, 0.25) is 5.02 Å². The van der Waals surface area contributed by atoms with Gasteiger partial charge in [0.2, 0.25) is 0 Å². The van der Waals surface area contributed by atoms with Gasteiger partial charge in [0.05, 0.1) is 0 Å². The van der Waals surface area contributed by atoms with E-state index in [1.165, 1.54) is 6.92 Å². The summed E-state index contributed by atoms with van der Waals surface area (Å²) >= 11 is 5.61. The average molecular weight is 210 g/mol. The van der Waals surface area contributed by atoms with Gasteiger partial charge in [-0.3, -0.25) is 9.78 Å². The summed E-state index contributed by atoms with van der Waals surface area (Å²) in [7, 11) is 0. The second-order valence-corrected chi connectivity index (χ2v) is 2.55. The first-order valence-electron chi connectivity index (χ1n) is 3.29. The fourth-order valence-electron chi connectivity index (χ4n) is 0.597. The van der Waals surface area contributed by atoms with E-state index in [0.29, 0.717) is 10.8 Å². The van der Waals surface area contributed by atoms with E-state index in [-0.39, 0.29) is 29.6 Å². The van der Waals surface area contributed by atoms with E-state index in [0.717, 1.165) is 0 Å². The molecule has 0 unspecified atom stereocenters. The third kappa shape index (κ3) is 5.16. The Morgan fingerprint density at radius 1 is 1.31 bits per heavy atom. The zero-order chi connectivity index (χ0) is 8.97. The molecular weight excluding hydrogens is 203 g/mol. The molecule has 0 saturated carbocycles. The molecule has 1 aromatic rings. The molecule has 65 valence electrons. The predicted octanol–water partition coefficient (Wildman–Crippen LogP) is 1.82. The number of halogens is 1. The van der Waals surface area contributed by atoms with Gasteiger partial charge in [0.25, 0.3) is 0 Å². The first kappa shape index (κ1) is 12.8. The van der Waals surface area contributed by atoms with Crippen molar-refractivity contribution in [3.63, 3.8) is 0 Å². The van der Waals surface area contributed by atoms with Crippen LogP contribution < -0.4 is 4.89 Å². The van der Waals surface area contributed by atoms with Crippen molar-refractivity contribution in [3.8, 4) is 5.75 Å². The van der Waals surface area contributed by atoms with E-state index in [2.05, 4.69) is 9.78 Å². The quantitative estimate of drug-likeness (QED) is 0.423. The van der Waals surface area contributed by atoms with Gasteiger partial charge in [-0.15, -0.1) is 0 Å². The molecule has 0 N–H and O–H groups in total. The van der Waals surface area contributed by atoms with Crippen LogP contribution in [0.5, 0.6) is 5.75 Å². The van der Waals surface area contributed by atoms with Crippen molar-refractivity contribution < 1.29 is 14.6 Å². The van der Waals surface area contributed by atoms with E-state index in [1.807, 2.05) is 0 Å². The van der Waals surface area contributed by atoms with Crippen molar-refractivity contribution in [2.45, 2.75) is 6.92 Å². The van der Waals surface area contributed by atoms with E-state index < -0.39 is 5.97 Å². The zero-order valence-electron chi connectivity index (χ0n) is 7.41. The molecule has 0 aromatic heterocycles. The fraction of sp³-hybridized carbons (Fsp3) is 0.125. The largest absolute Gasteiger partial charge is 0.352 e. The maximum Gasteiger partial charge on any atom is 0.352 e. The molecule has 5 heteroatoms. The monoisotopic (exact) mass is 209 g/mol. The summed E-state index contributed by atoms with van der Waals surface area (Å²) in [6.07, 6.45) is 0.